The van der Waals surface area contributed by atoms with E-state index in [4.69, 9.17) is 0 Å². The van der Waals surface area contributed by atoms with E-state index in [1.54, 1.807) is 17.7 Å². The molecular formula is C20H27N3O2. The fraction of sp³-hybridized carbons (Fsp3) is 0.500. The minimum Gasteiger partial charge on any atom is -0.299 e. The summed E-state index contributed by atoms with van der Waals surface area (Å²) in [5, 5.41) is 0. The predicted molar refractivity (Wildman–Crippen MR) is 99.8 cm³/mol. The van der Waals surface area contributed by atoms with E-state index < -0.39 is 0 Å². The van der Waals surface area contributed by atoms with Crippen LogP contribution in [0.5, 0.6) is 0 Å². The number of aromatic nitrogens is 2. The molecule has 1 aromatic heterocycles. The van der Waals surface area contributed by atoms with Crippen LogP contribution in [-0.4, -0.2) is 27.1 Å². The maximum Gasteiger partial charge on any atom is 0.330 e. The van der Waals surface area contributed by atoms with E-state index in [0.717, 1.165) is 36.2 Å². The highest BCUT2D eigenvalue weighted by molar-refractivity contribution is 5.21. The summed E-state index contributed by atoms with van der Waals surface area (Å²) < 4.78 is 2.74. The summed E-state index contributed by atoms with van der Waals surface area (Å²) in [6.45, 7) is 4.80. The van der Waals surface area contributed by atoms with Crippen molar-refractivity contribution in [1.29, 1.82) is 0 Å². The Morgan fingerprint density at radius 3 is 2.52 bits per heavy atom. The minimum atomic E-state index is -0.254. The van der Waals surface area contributed by atoms with Crippen LogP contribution in [0.4, 0.5) is 0 Å². The van der Waals surface area contributed by atoms with E-state index in [0.29, 0.717) is 12.5 Å². The fourth-order valence-corrected chi connectivity index (χ4v) is 3.68. The first kappa shape index (κ1) is 17.7. The number of rotatable bonds is 4. The van der Waals surface area contributed by atoms with Crippen LogP contribution < -0.4 is 11.2 Å². The van der Waals surface area contributed by atoms with Crippen LogP contribution in [0.1, 0.15) is 29.7 Å². The third-order valence-corrected chi connectivity index (χ3v) is 5.26. The van der Waals surface area contributed by atoms with Gasteiger partial charge in [-0.3, -0.25) is 18.8 Å². The molecule has 0 saturated carbocycles. The van der Waals surface area contributed by atoms with Crippen LogP contribution in [-0.2, 0) is 27.1 Å². The molecule has 0 N–H and O–H groups in total. The lowest BCUT2D eigenvalue weighted by Gasteiger charge is -2.33. The van der Waals surface area contributed by atoms with Crippen LogP contribution in [0.25, 0.3) is 0 Å². The summed E-state index contributed by atoms with van der Waals surface area (Å²) in [5.74, 6) is 0.625. The average molecular weight is 341 g/mol. The molecule has 0 unspecified atom stereocenters. The SMILES string of the molecule is Cc1ccc(C[C@H]2CCCN(Cc3cc(=O)n(C)c(=O)n3C)C2)cc1. The zero-order valence-electron chi connectivity index (χ0n) is 15.4. The molecule has 134 valence electrons. The molecule has 25 heavy (non-hydrogen) atoms. The summed E-state index contributed by atoms with van der Waals surface area (Å²) in [6, 6.07) is 10.4. The van der Waals surface area contributed by atoms with Gasteiger partial charge in [0, 0.05) is 38.9 Å². The molecule has 1 aromatic carbocycles. The van der Waals surface area contributed by atoms with Gasteiger partial charge in [0.1, 0.15) is 0 Å². The van der Waals surface area contributed by atoms with Gasteiger partial charge in [0.15, 0.2) is 0 Å². The largest absolute Gasteiger partial charge is 0.330 e. The van der Waals surface area contributed by atoms with E-state index in [1.165, 1.54) is 24.6 Å². The van der Waals surface area contributed by atoms with Gasteiger partial charge in [-0.15, -0.1) is 0 Å². The Bertz CT molecular complexity index is 849. The maximum atomic E-state index is 12.1. The quantitative estimate of drug-likeness (QED) is 0.853. The first-order valence-electron chi connectivity index (χ1n) is 8.98. The molecule has 0 radical (unpaired) electrons. The summed E-state index contributed by atoms with van der Waals surface area (Å²) in [5.41, 5.74) is 2.99. The molecule has 2 heterocycles. The number of benzene rings is 1. The third-order valence-electron chi connectivity index (χ3n) is 5.26. The molecule has 1 saturated heterocycles. The van der Waals surface area contributed by atoms with Gasteiger partial charge in [0.25, 0.3) is 5.56 Å². The third kappa shape index (κ3) is 4.10. The Balaban J connectivity index is 1.69. The Kier molecular flexibility index (Phi) is 5.23. The Labute approximate surface area is 148 Å². The normalized spacial score (nSPS) is 18.4. The summed E-state index contributed by atoms with van der Waals surface area (Å²) in [4.78, 5) is 26.4. The number of nitrogens with zero attached hydrogens (tertiary/aromatic N) is 3. The standard InChI is InChI=1S/C20H27N3O2/c1-15-6-8-16(9-7-15)11-17-5-4-10-23(13-17)14-18-12-19(24)22(3)20(25)21(18)2/h6-9,12,17H,4-5,10-11,13-14H2,1-3H3/t17-/m1/s1. The van der Waals surface area contributed by atoms with Gasteiger partial charge in [0.05, 0.1) is 0 Å². The number of likely N-dealkylation sites (tertiary alicyclic amines) is 1. The lowest BCUT2D eigenvalue weighted by molar-refractivity contribution is 0.163. The lowest BCUT2D eigenvalue weighted by Crippen LogP contribution is -2.41. The van der Waals surface area contributed by atoms with Gasteiger partial charge in [-0.1, -0.05) is 29.8 Å². The number of hydrogen-bond acceptors (Lipinski definition) is 3. The number of hydrogen-bond donors (Lipinski definition) is 0. The molecule has 3 rings (SSSR count). The van der Waals surface area contributed by atoms with Crippen molar-refractivity contribution in [3.8, 4) is 0 Å². The van der Waals surface area contributed by atoms with Gasteiger partial charge < -0.3 is 0 Å². The fourth-order valence-electron chi connectivity index (χ4n) is 3.68. The molecule has 0 aliphatic carbocycles. The second-order valence-corrected chi connectivity index (χ2v) is 7.31. The molecule has 0 amide bonds. The van der Waals surface area contributed by atoms with Crippen LogP contribution in [0.3, 0.4) is 0 Å². The molecule has 5 nitrogen and oxygen atoms in total. The van der Waals surface area contributed by atoms with E-state index in [2.05, 4.69) is 36.1 Å². The first-order valence-corrected chi connectivity index (χ1v) is 8.98. The van der Waals surface area contributed by atoms with Crippen molar-refractivity contribution in [2.75, 3.05) is 13.1 Å². The first-order chi connectivity index (χ1) is 11.9. The summed E-state index contributed by atoms with van der Waals surface area (Å²) in [7, 11) is 3.26. The van der Waals surface area contributed by atoms with Crippen molar-refractivity contribution in [2.45, 2.75) is 32.7 Å². The highest BCUT2D eigenvalue weighted by Crippen LogP contribution is 2.22. The molecular weight excluding hydrogens is 314 g/mol. The minimum absolute atomic E-state index is 0.230. The smallest absolute Gasteiger partial charge is 0.299 e. The summed E-state index contributed by atoms with van der Waals surface area (Å²) in [6.07, 6.45) is 3.49. The van der Waals surface area contributed by atoms with Gasteiger partial charge in [-0.2, -0.15) is 0 Å². The predicted octanol–water partition coefficient (Wildman–Crippen LogP) is 1.85. The van der Waals surface area contributed by atoms with Crippen molar-refractivity contribution >= 4 is 0 Å². The highest BCUT2D eigenvalue weighted by Gasteiger charge is 2.21. The van der Waals surface area contributed by atoms with Crippen molar-refractivity contribution in [2.24, 2.45) is 20.0 Å². The monoisotopic (exact) mass is 341 g/mol. The molecule has 0 bridgehead atoms. The van der Waals surface area contributed by atoms with Crippen LogP contribution in [0.15, 0.2) is 39.9 Å². The Morgan fingerprint density at radius 1 is 1.08 bits per heavy atom. The number of aryl methyl sites for hydroxylation is 1. The molecule has 5 heteroatoms. The average Bonchev–Trinajstić information content (AvgIpc) is 2.60. The molecule has 1 aliphatic rings. The van der Waals surface area contributed by atoms with Gasteiger partial charge >= 0.3 is 5.69 Å². The molecule has 1 aliphatic heterocycles. The van der Waals surface area contributed by atoms with E-state index in [1.807, 2.05) is 0 Å². The van der Waals surface area contributed by atoms with Gasteiger partial charge in [-0.05, 0) is 44.2 Å². The van der Waals surface area contributed by atoms with Crippen LogP contribution in [0, 0.1) is 12.8 Å². The van der Waals surface area contributed by atoms with Crippen molar-refractivity contribution < 1.29 is 0 Å². The van der Waals surface area contributed by atoms with Crippen LogP contribution in [0.2, 0.25) is 0 Å². The lowest BCUT2D eigenvalue weighted by atomic mass is 9.91. The molecule has 1 atom stereocenters. The molecule has 2 aromatic rings. The van der Waals surface area contributed by atoms with Gasteiger partial charge in [-0.25, -0.2) is 4.79 Å². The van der Waals surface area contributed by atoms with Crippen LogP contribution >= 0.6 is 0 Å². The van der Waals surface area contributed by atoms with Crippen molar-refractivity contribution in [1.82, 2.24) is 14.0 Å². The second-order valence-electron chi connectivity index (χ2n) is 7.31. The van der Waals surface area contributed by atoms with E-state index in [-0.39, 0.29) is 11.2 Å². The van der Waals surface area contributed by atoms with E-state index >= 15 is 0 Å². The Hall–Kier alpha value is -2.14. The van der Waals surface area contributed by atoms with Gasteiger partial charge in [0.2, 0.25) is 0 Å². The molecule has 1 fully saturated rings. The zero-order chi connectivity index (χ0) is 18.0. The topological polar surface area (TPSA) is 47.2 Å². The zero-order valence-corrected chi connectivity index (χ0v) is 15.4. The Morgan fingerprint density at radius 2 is 1.80 bits per heavy atom. The van der Waals surface area contributed by atoms with Crippen molar-refractivity contribution in [3.63, 3.8) is 0 Å². The molecule has 0 spiro atoms. The van der Waals surface area contributed by atoms with E-state index in [9.17, 15) is 9.59 Å². The second kappa shape index (κ2) is 7.40. The summed E-state index contributed by atoms with van der Waals surface area (Å²) >= 11 is 0. The van der Waals surface area contributed by atoms with Crippen molar-refractivity contribution in [3.05, 3.63) is 68.0 Å². The maximum absolute atomic E-state index is 12.1. The highest BCUT2D eigenvalue weighted by atomic mass is 16.2. The number of piperidine rings is 1.